The Kier molecular flexibility index (Phi) is 5.60. The lowest BCUT2D eigenvalue weighted by Crippen LogP contribution is -2.13. The first kappa shape index (κ1) is 21.8. The molecule has 0 aliphatic carbocycles. The van der Waals surface area contributed by atoms with Crippen molar-refractivity contribution >= 4 is 27.2 Å². The Bertz CT molecular complexity index is 1340. The average Bonchev–Trinajstić information content (AvgIpc) is 3.39. The van der Waals surface area contributed by atoms with E-state index in [0.29, 0.717) is 12.1 Å². The van der Waals surface area contributed by atoms with Gasteiger partial charge in [0, 0.05) is 11.4 Å². The maximum absolute atomic E-state index is 14.6. The van der Waals surface area contributed by atoms with Crippen molar-refractivity contribution in [2.45, 2.75) is 11.1 Å². The molecule has 0 saturated carbocycles. The van der Waals surface area contributed by atoms with Gasteiger partial charge in [0.05, 0.1) is 16.1 Å². The summed E-state index contributed by atoms with van der Waals surface area (Å²) in [5.41, 5.74) is 0.439. The summed E-state index contributed by atoms with van der Waals surface area (Å²) in [6.45, 7) is 0. The lowest BCUT2D eigenvalue weighted by molar-refractivity contribution is -0.141. The predicted molar refractivity (Wildman–Crippen MR) is 108 cm³/mol. The van der Waals surface area contributed by atoms with E-state index in [9.17, 15) is 26.0 Å². The highest BCUT2D eigenvalue weighted by Gasteiger charge is 2.36. The molecule has 13 heteroatoms. The van der Waals surface area contributed by atoms with Crippen molar-refractivity contribution in [3.8, 4) is 17.3 Å². The quantitative estimate of drug-likeness (QED) is 0.386. The molecule has 0 unspecified atom stereocenters. The van der Waals surface area contributed by atoms with Gasteiger partial charge in [-0.05, 0) is 30.3 Å². The Labute approximate surface area is 183 Å². The highest BCUT2D eigenvalue weighted by atomic mass is 32.2. The normalized spacial score (nSPS) is 12.0. The van der Waals surface area contributed by atoms with Crippen LogP contribution in [0.2, 0.25) is 0 Å². The number of nitrogens with zero attached hydrogens (tertiary/aromatic N) is 3. The number of hydrogen-bond acceptors (Lipinski definition) is 6. The minimum atomic E-state index is -4.75. The van der Waals surface area contributed by atoms with Crippen molar-refractivity contribution in [3.05, 3.63) is 77.0 Å². The number of benzene rings is 2. The molecule has 4 aromatic rings. The lowest BCUT2D eigenvalue weighted by atomic mass is 10.3. The van der Waals surface area contributed by atoms with E-state index < -0.39 is 44.2 Å². The molecule has 0 atom stereocenters. The van der Waals surface area contributed by atoms with Crippen LogP contribution in [0.15, 0.2) is 70.4 Å². The minimum Gasteiger partial charge on any atom is -0.436 e. The number of anilines is 1. The Morgan fingerprint density at radius 1 is 1.06 bits per heavy atom. The summed E-state index contributed by atoms with van der Waals surface area (Å²) in [4.78, 5) is 3.38. The number of nitrogens with one attached hydrogen (secondary N) is 1. The van der Waals surface area contributed by atoms with E-state index >= 15 is 0 Å². The molecule has 7 nitrogen and oxygen atoms in total. The summed E-state index contributed by atoms with van der Waals surface area (Å²) in [5.74, 6) is -1.91. The maximum Gasteiger partial charge on any atom is 0.435 e. The second kappa shape index (κ2) is 8.24. The van der Waals surface area contributed by atoms with Gasteiger partial charge in [-0.2, -0.15) is 18.3 Å². The van der Waals surface area contributed by atoms with Crippen LogP contribution in [-0.2, 0) is 16.2 Å². The molecular formula is C19H12F4N4O3S2. The van der Waals surface area contributed by atoms with Crippen LogP contribution in [0.3, 0.4) is 0 Å². The predicted octanol–water partition coefficient (Wildman–Crippen LogP) is 5.08. The third-order valence-corrected chi connectivity index (χ3v) is 6.01. The molecule has 0 fully saturated rings. The van der Waals surface area contributed by atoms with Gasteiger partial charge in [0.1, 0.15) is 0 Å². The molecule has 166 valence electrons. The Balaban J connectivity index is 1.67. The van der Waals surface area contributed by atoms with Crippen molar-refractivity contribution in [3.63, 3.8) is 0 Å². The summed E-state index contributed by atoms with van der Waals surface area (Å²) < 4.78 is 87.3. The van der Waals surface area contributed by atoms with E-state index in [2.05, 4.69) is 14.8 Å². The SMILES string of the molecule is O=S(=O)(Nc1cscn1)c1ccc(Oc2cc(C(F)(F)F)nn2-c2ccccc2)c(F)c1. The Morgan fingerprint density at radius 2 is 1.81 bits per heavy atom. The number of halogens is 4. The van der Waals surface area contributed by atoms with Crippen LogP contribution in [0, 0.1) is 5.82 Å². The number of alkyl halides is 3. The molecule has 32 heavy (non-hydrogen) atoms. The van der Waals surface area contributed by atoms with Crippen LogP contribution in [-0.4, -0.2) is 23.2 Å². The van der Waals surface area contributed by atoms with E-state index in [4.69, 9.17) is 4.74 Å². The Morgan fingerprint density at radius 3 is 2.44 bits per heavy atom. The number of para-hydroxylation sites is 1. The first-order valence-corrected chi connectivity index (χ1v) is 11.2. The van der Waals surface area contributed by atoms with E-state index in [1.165, 1.54) is 23.0 Å². The molecular weight excluding hydrogens is 472 g/mol. The molecule has 1 N–H and O–H groups in total. The summed E-state index contributed by atoms with van der Waals surface area (Å²) in [7, 11) is -4.13. The van der Waals surface area contributed by atoms with Gasteiger partial charge in [0.25, 0.3) is 10.0 Å². The first-order chi connectivity index (χ1) is 15.1. The number of sulfonamides is 1. The molecule has 0 saturated heterocycles. The van der Waals surface area contributed by atoms with Crippen molar-refractivity contribution in [1.29, 1.82) is 0 Å². The summed E-state index contributed by atoms with van der Waals surface area (Å²) in [6.07, 6.45) is -4.75. The zero-order chi connectivity index (χ0) is 22.9. The smallest absolute Gasteiger partial charge is 0.435 e. The van der Waals surface area contributed by atoms with Crippen LogP contribution < -0.4 is 9.46 Å². The van der Waals surface area contributed by atoms with Gasteiger partial charge in [-0.15, -0.1) is 11.3 Å². The van der Waals surface area contributed by atoms with Crippen LogP contribution in [0.4, 0.5) is 23.4 Å². The molecule has 2 heterocycles. The standard InChI is InChI=1S/C19H12F4N4O3S2/c20-14-8-13(32(28,29)26-17-10-31-11-24-17)6-7-15(14)30-18-9-16(19(21,22)23)25-27(18)12-4-2-1-3-5-12/h1-11,26H. The van der Waals surface area contributed by atoms with Crippen molar-refractivity contribution in [1.82, 2.24) is 14.8 Å². The van der Waals surface area contributed by atoms with Crippen LogP contribution in [0.1, 0.15) is 5.69 Å². The topological polar surface area (TPSA) is 86.1 Å². The highest BCUT2D eigenvalue weighted by molar-refractivity contribution is 7.92. The fourth-order valence-electron chi connectivity index (χ4n) is 2.63. The molecule has 0 aliphatic rings. The lowest BCUT2D eigenvalue weighted by Gasteiger charge is -2.11. The fourth-order valence-corrected chi connectivity index (χ4v) is 4.20. The third kappa shape index (κ3) is 4.57. The minimum absolute atomic E-state index is 0.0715. The highest BCUT2D eigenvalue weighted by Crippen LogP contribution is 2.35. The first-order valence-electron chi connectivity index (χ1n) is 8.74. The molecule has 0 radical (unpaired) electrons. The maximum atomic E-state index is 14.6. The van der Waals surface area contributed by atoms with Gasteiger partial charge < -0.3 is 4.74 Å². The second-order valence-electron chi connectivity index (χ2n) is 6.29. The number of hydrogen-bond donors (Lipinski definition) is 1. The van der Waals surface area contributed by atoms with E-state index in [0.717, 1.165) is 28.2 Å². The molecule has 0 aliphatic heterocycles. The Hall–Kier alpha value is -3.45. The number of thiazole rings is 1. The molecule has 0 spiro atoms. The van der Waals surface area contributed by atoms with Gasteiger partial charge >= 0.3 is 6.18 Å². The number of ether oxygens (including phenoxy) is 1. The molecule has 0 amide bonds. The summed E-state index contributed by atoms with van der Waals surface area (Å²) >= 11 is 1.16. The van der Waals surface area contributed by atoms with Gasteiger partial charge in [0.15, 0.2) is 23.1 Å². The zero-order valence-electron chi connectivity index (χ0n) is 15.7. The van der Waals surface area contributed by atoms with Crippen LogP contribution in [0.25, 0.3) is 5.69 Å². The van der Waals surface area contributed by atoms with E-state index in [1.54, 1.807) is 18.2 Å². The molecule has 2 aromatic carbocycles. The number of rotatable bonds is 6. The molecule has 2 aromatic heterocycles. The van der Waals surface area contributed by atoms with Crippen molar-refractivity contribution < 1.29 is 30.7 Å². The van der Waals surface area contributed by atoms with Gasteiger partial charge in [-0.1, -0.05) is 18.2 Å². The monoisotopic (exact) mass is 484 g/mol. The molecule has 4 rings (SSSR count). The van der Waals surface area contributed by atoms with E-state index in [1.807, 2.05) is 0 Å². The third-order valence-electron chi connectivity index (χ3n) is 4.07. The number of aromatic nitrogens is 3. The van der Waals surface area contributed by atoms with Crippen molar-refractivity contribution in [2.24, 2.45) is 0 Å². The zero-order valence-corrected chi connectivity index (χ0v) is 17.4. The molecule has 0 bridgehead atoms. The van der Waals surface area contributed by atoms with Gasteiger partial charge in [0.2, 0.25) is 5.88 Å². The summed E-state index contributed by atoms with van der Waals surface area (Å²) in [6, 6.07) is 11.2. The van der Waals surface area contributed by atoms with Crippen LogP contribution >= 0.6 is 11.3 Å². The van der Waals surface area contributed by atoms with Crippen LogP contribution in [0.5, 0.6) is 11.6 Å². The summed E-state index contributed by atoms with van der Waals surface area (Å²) in [5, 5.41) is 4.96. The average molecular weight is 484 g/mol. The second-order valence-corrected chi connectivity index (χ2v) is 8.69. The fraction of sp³-hybridized carbons (Fsp3) is 0.0526. The van der Waals surface area contributed by atoms with Gasteiger partial charge in [-0.3, -0.25) is 4.72 Å². The van der Waals surface area contributed by atoms with Crippen molar-refractivity contribution in [2.75, 3.05) is 4.72 Å². The van der Waals surface area contributed by atoms with E-state index in [-0.39, 0.29) is 11.5 Å². The largest absolute Gasteiger partial charge is 0.436 e. The van der Waals surface area contributed by atoms with Gasteiger partial charge in [-0.25, -0.2) is 22.5 Å².